The van der Waals surface area contributed by atoms with E-state index in [0.717, 1.165) is 5.92 Å². The third kappa shape index (κ3) is 3.33. The Labute approximate surface area is 168 Å². The average Bonchev–Trinajstić information content (AvgIpc) is 2.80. The maximum Gasteiger partial charge on any atom is 0.0216 e. The van der Waals surface area contributed by atoms with Crippen LogP contribution in [0.3, 0.4) is 0 Å². The molecule has 0 bridgehead atoms. The molecule has 3 rings (SSSR count). The van der Waals surface area contributed by atoms with Crippen molar-refractivity contribution in [2.75, 3.05) is 0 Å². The van der Waals surface area contributed by atoms with Crippen molar-refractivity contribution >= 4 is 38.5 Å². The monoisotopic (exact) mass is 496 g/mol. The third-order valence-corrected chi connectivity index (χ3v) is 6.55. The fourth-order valence-corrected chi connectivity index (χ4v) is 4.97. The Kier molecular flexibility index (Phi) is 5.75. The second-order valence-corrected chi connectivity index (χ2v) is 9.66. The Bertz CT molecular complexity index is 681. The van der Waals surface area contributed by atoms with Gasteiger partial charge >= 0.3 is 0 Å². The summed E-state index contributed by atoms with van der Waals surface area (Å²) in [6.07, 6.45) is 6.33. The number of hydrogen-bond donors (Lipinski definition) is 0. The minimum absolute atomic E-state index is 0.190. The number of rotatable bonds is 6. The van der Waals surface area contributed by atoms with Crippen molar-refractivity contribution in [3.63, 3.8) is 0 Å². The van der Waals surface area contributed by atoms with E-state index in [1.54, 1.807) is 11.1 Å². The van der Waals surface area contributed by atoms with Gasteiger partial charge in [0, 0.05) is 13.5 Å². The Morgan fingerprint density at radius 3 is 2.33 bits per heavy atom. The lowest BCUT2D eigenvalue weighted by Gasteiger charge is -2.33. The predicted octanol–water partition coefficient (Wildman–Crippen LogP) is 7.95. The lowest BCUT2D eigenvalue weighted by molar-refractivity contribution is 0.385. The summed E-state index contributed by atoms with van der Waals surface area (Å²) in [6.45, 7) is 7.00. The van der Waals surface area contributed by atoms with Crippen LogP contribution in [0.25, 0.3) is 11.1 Å². The molecule has 0 saturated carbocycles. The minimum Gasteiger partial charge on any atom is -0.0654 e. The van der Waals surface area contributed by atoms with E-state index in [0.29, 0.717) is 0 Å². The highest BCUT2D eigenvalue weighted by molar-refractivity contribution is 14.1. The first-order valence-electron chi connectivity index (χ1n) is 9.08. The Morgan fingerprint density at radius 2 is 1.67 bits per heavy atom. The van der Waals surface area contributed by atoms with Crippen molar-refractivity contribution in [3.8, 4) is 11.1 Å². The molecule has 24 heavy (non-hydrogen) atoms. The Balaban J connectivity index is 2.21. The minimum atomic E-state index is 0.190. The number of benzene rings is 2. The molecule has 0 saturated heterocycles. The molecule has 0 nitrogen and oxygen atoms in total. The molecule has 0 radical (unpaired) electrons. The van der Waals surface area contributed by atoms with Crippen molar-refractivity contribution in [3.05, 3.63) is 55.6 Å². The maximum absolute atomic E-state index is 3.72. The molecule has 2 aromatic rings. The van der Waals surface area contributed by atoms with Crippen LogP contribution < -0.4 is 0 Å². The van der Waals surface area contributed by atoms with Crippen molar-refractivity contribution in [2.24, 2.45) is 5.92 Å². The third-order valence-electron chi connectivity index (χ3n) is 5.39. The van der Waals surface area contributed by atoms with Crippen LogP contribution in [-0.4, -0.2) is 0 Å². The summed E-state index contributed by atoms with van der Waals surface area (Å²) in [7, 11) is 0. The number of halogens is 2. The van der Waals surface area contributed by atoms with Crippen molar-refractivity contribution in [1.29, 1.82) is 0 Å². The molecule has 0 heterocycles. The molecule has 0 N–H and O–H groups in total. The lowest BCUT2D eigenvalue weighted by atomic mass is 9.70. The summed E-state index contributed by atoms with van der Waals surface area (Å²) in [4.78, 5) is 0. The summed E-state index contributed by atoms with van der Waals surface area (Å²) in [6, 6.07) is 13.9. The van der Waals surface area contributed by atoms with E-state index in [4.69, 9.17) is 0 Å². The van der Waals surface area contributed by atoms with Crippen LogP contribution in [0.4, 0.5) is 0 Å². The first kappa shape index (κ1) is 18.4. The molecule has 0 aromatic heterocycles. The van der Waals surface area contributed by atoms with E-state index >= 15 is 0 Å². The van der Waals surface area contributed by atoms with E-state index in [-0.39, 0.29) is 5.41 Å². The molecule has 1 aliphatic rings. The van der Waals surface area contributed by atoms with Gasteiger partial charge in [0.05, 0.1) is 0 Å². The van der Waals surface area contributed by atoms with Crippen LogP contribution in [0.2, 0.25) is 0 Å². The van der Waals surface area contributed by atoms with Gasteiger partial charge in [-0.1, -0.05) is 61.7 Å². The Hall–Kier alpha value is -0.350. The number of fused-ring (bicyclic) bond motifs is 3. The fourth-order valence-electron chi connectivity index (χ4n) is 4.12. The fraction of sp³-hybridized carbons (Fsp3) is 0.455. The zero-order valence-electron chi connectivity index (χ0n) is 14.8. The van der Waals surface area contributed by atoms with E-state index < -0.39 is 0 Å². The van der Waals surface area contributed by atoms with E-state index in [1.807, 2.05) is 0 Å². The first-order chi connectivity index (χ1) is 11.5. The van der Waals surface area contributed by atoms with Crippen molar-refractivity contribution in [2.45, 2.75) is 58.3 Å². The van der Waals surface area contributed by atoms with Gasteiger partial charge < -0.3 is 0 Å². The molecule has 1 unspecified atom stereocenters. The van der Waals surface area contributed by atoms with Gasteiger partial charge in [-0.3, -0.25) is 0 Å². The number of unbranched alkanes of at least 4 members (excludes halogenated alkanes) is 1. The van der Waals surface area contributed by atoms with Crippen LogP contribution in [0.1, 0.15) is 64.0 Å². The quantitative estimate of drug-likeness (QED) is 0.356. The van der Waals surface area contributed by atoms with Gasteiger partial charge in [-0.05, 0) is 94.3 Å². The van der Waals surface area contributed by atoms with Crippen LogP contribution in [0.5, 0.6) is 0 Å². The van der Waals surface area contributed by atoms with Crippen molar-refractivity contribution in [1.82, 2.24) is 0 Å². The highest BCUT2D eigenvalue weighted by Gasteiger charge is 2.42. The average molecular weight is 497 g/mol. The van der Waals surface area contributed by atoms with Gasteiger partial charge in [-0.15, -0.1) is 0 Å². The zero-order valence-corrected chi connectivity index (χ0v) is 18.6. The molecule has 0 fully saturated rings. The van der Waals surface area contributed by atoms with Gasteiger partial charge in [0.25, 0.3) is 0 Å². The molecule has 1 atom stereocenters. The standard InChI is InChI=1S/C22H26BrI/c1-4-5-11-22(12-10-15(2)3)20-13-16(23)6-8-18(20)19-9-7-17(24)14-21(19)22/h6-9,13-15H,4-5,10-12H2,1-3H3. The summed E-state index contributed by atoms with van der Waals surface area (Å²) in [5.41, 5.74) is 6.21. The largest absolute Gasteiger partial charge is 0.0654 e. The van der Waals surface area contributed by atoms with E-state index in [1.165, 1.54) is 51.3 Å². The Morgan fingerprint density at radius 1 is 1.00 bits per heavy atom. The second-order valence-electron chi connectivity index (χ2n) is 7.50. The first-order valence-corrected chi connectivity index (χ1v) is 11.0. The molecule has 0 spiro atoms. The summed E-state index contributed by atoms with van der Waals surface area (Å²) < 4.78 is 2.55. The SMILES string of the molecule is CCCCC1(CCC(C)C)c2cc(Br)ccc2-c2ccc(I)cc21. The molecule has 128 valence electrons. The summed E-state index contributed by atoms with van der Waals surface area (Å²) >= 11 is 6.19. The van der Waals surface area contributed by atoms with Gasteiger partial charge in [-0.25, -0.2) is 0 Å². The zero-order chi connectivity index (χ0) is 17.3. The molecular formula is C22H26BrI. The van der Waals surface area contributed by atoms with Crippen LogP contribution in [0.15, 0.2) is 40.9 Å². The summed E-state index contributed by atoms with van der Waals surface area (Å²) in [5.74, 6) is 0.742. The maximum atomic E-state index is 3.72. The van der Waals surface area contributed by atoms with E-state index in [2.05, 4.69) is 95.7 Å². The molecule has 2 aromatic carbocycles. The van der Waals surface area contributed by atoms with Crippen molar-refractivity contribution < 1.29 is 0 Å². The molecule has 2 heteroatoms. The second kappa shape index (κ2) is 7.49. The van der Waals surface area contributed by atoms with Gasteiger partial charge in [0.2, 0.25) is 0 Å². The smallest absolute Gasteiger partial charge is 0.0216 e. The van der Waals surface area contributed by atoms with Crippen LogP contribution >= 0.6 is 38.5 Å². The van der Waals surface area contributed by atoms with Crippen LogP contribution in [-0.2, 0) is 5.41 Å². The predicted molar refractivity (Wildman–Crippen MR) is 117 cm³/mol. The lowest BCUT2D eigenvalue weighted by Crippen LogP contribution is -2.26. The number of hydrogen-bond acceptors (Lipinski definition) is 0. The topological polar surface area (TPSA) is 0 Å². The highest BCUT2D eigenvalue weighted by Crippen LogP contribution is 2.55. The van der Waals surface area contributed by atoms with Gasteiger partial charge in [0.15, 0.2) is 0 Å². The van der Waals surface area contributed by atoms with Gasteiger partial charge in [0.1, 0.15) is 0 Å². The normalized spacial score (nSPS) is 18.8. The van der Waals surface area contributed by atoms with E-state index in [9.17, 15) is 0 Å². The molecule has 0 aliphatic heterocycles. The molecule has 0 amide bonds. The van der Waals surface area contributed by atoms with Gasteiger partial charge in [-0.2, -0.15) is 0 Å². The highest BCUT2D eigenvalue weighted by atomic mass is 127. The summed E-state index contributed by atoms with van der Waals surface area (Å²) in [5, 5.41) is 0. The molecular weight excluding hydrogens is 471 g/mol. The molecule has 1 aliphatic carbocycles. The van der Waals surface area contributed by atoms with Crippen LogP contribution in [0, 0.1) is 9.49 Å².